The van der Waals surface area contributed by atoms with Crippen LogP contribution in [0.5, 0.6) is 5.75 Å². The number of aromatic hydroxyl groups is 1. The molecule has 9 heteroatoms. The molecule has 160 valence electrons. The van der Waals surface area contributed by atoms with Gasteiger partial charge in [0.05, 0.1) is 28.0 Å². The number of carbonyl (C=O) groups excluding carboxylic acids is 1. The number of nitrogens with one attached hydrogen (secondary N) is 2. The molecule has 0 saturated heterocycles. The highest BCUT2D eigenvalue weighted by Crippen LogP contribution is 2.31. The average Bonchev–Trinajstić information content (AvgIpc) is 3.19. The quantitative estimate of drug-likeness (QED) is 0.337. The summed E-state index contributed by atoms with van der Waals surface area (Å²) in [5.74, 6) is 0.646. The second-order valence-corrected chi connectivity index (χ2v) is 7.85. The number of amides is 1. The SMILES string of the molecule is N#Cc1cccc(C(=O)NCCCNc2cc(-c3ccccc3O)nc3c(Br)cnn23)c1. The number of aromatic nitrogens is 3. The summed E-state index contributed by atoms with van der Waals surface area (Å²) in [5.41, 5.74) is 2.77. The summed E-state index contributed by atoms with van der Waals surface area (Å²) in [6, 6.07) is 17.5. The number of phenolic OH excluding ortho intramolecular Hbond substituents is 1. The first-order chi connectivity index (χ1) is 15.6. The van der Waals surface area contributed by atoms with Gasteiger partial charge >= 0.3 is 0 Å². The van der Waals surface area contributed by atoms with E-state index < -0.39 is 0 Å². The lowest BCUT2D eigenvalue weighted by Gasteiger charge is -2.12. The number of hydrogen-bond donors (Lipinski definition) is 3. The molecule has 3 N–H and O–H groups in total. The summed E-state index contributed by atoms with van der Waals surface area (Å²) in [6.07, 6.45) is 2.33. The van der Waals surface area contributed by atoms with Crippen LogP contribution in [0.1, 0.15) is 22.3 Å². The van der Waals surface area contributed by atoms with Gasteiger partial charge in [-0.3, -0.25) is 4.79 Å². The molecule has 0 unspecified atom stereocenters. The van der Waals surface area contributed by atoms with E-state index in [1.54, 1.807) is 53.2 Å². The summed E-state index contributed by atoms with van der Waals surface area (Å²) in [6.45, 7) is 1.04. The number of rotatable bonds is 7. The van der Waals surface area contributed by atoms with Gasteiger partial charge in [-0.15, -0.1) is 0 Å². The molecule has 0 bridgehead atoms. The first-order valence-electron chi connectivity index (χ1n) is 9.91. The fraction of sp³-hybridized carbons (Fsp3) is 0.130. The highest BCUT2D eigenvalue weighted by atomic mass is 79.9. The first kappa shape index (κ1) is 21.3. The fourth-order valence-electron chi connectivity index (χ4n) is 3.23. The molecule has 4 aromatic rings. The maximum atomic E-state index is 12.3. The molecule has 2 heterocycles. The molecule has 1 amide bonds. The van der Waals surface area contributed by atoms with Crippen molar-refractivity contribution in [3.63, 3.8) is 0 Å². The van der Waals surface area contributed by atoms with Gasteiger partial charge in [0.1, 0.15) is 11.6 Å². The Labute approximate surface area is 192 Å². The molecule has 0 atom stereocenters. The van der Waals surface area contributed by atoms with Crippen molar-refractivity contribution in [2.75, 3.05) is 18.4 Å². The number of nitrogens with zero attached hydrogens (tertiary/aromatic N) is 4. The predicted molar refractivity (Wildman–Crippen MR) is 124 cm³/mol. The molecule has 0 aliphatic heterocycles. The average molecular weight is 491 g/mol. The smallest absolute Gasteiger partial charge is 0.251 e. The van der Waals surface area contributed by atoms with Crippen molar-refractivity contribution in [2.45, 2.75) is 6.42 Å². The van der Waals surface area contributed by atoms with Crippen LogP contribution in [0.25, 0.3) is 16.9 Å². The second-order valence-electron chi connectivity index (χ2n) is 7.00. The van der Waals surface area contributed by atoms with Gasteiger partial charge in [-0.05, 0) is 52.7 Å². The van der Waals surface area contributed by atoms with E-state index in [1.165, 1.54) is 0 Å². The van der Waals surface area contributed by atoms with Crippen molar-refractivity contribution in [3.05, 3.63) is 76.4 Å². The minimum atomic E-state index is -0.216. The van der Waals surface area contributed by atoms with Crippen LogP contribution in [-0.2, 0) is 0 Å². The number of fused-ring (bicyclic) bond motifs is 1. The van der Waals surface area contributed by atoms with Crippen LogP contribution in [0, 0.1) is 11.3 Å². The summed E-state index contributed by atoms with van der Waals surface area (Å²) in [5, 5.41) is 29.7. The van der Waals surface area contributed by atoms with E-state index in [9.17, 15) is 9.90 Å². The lowest BCUT2D eigenvalue weighted by molar-refractivity contribution is 0.0953. The molecule has 0 spiro atoms. The third-order valence-corrected chi connectivity index (χ3v) is 5.37. The molecular weight excluding hydrogens is 472 g/mol. The normalized spacial score (nSPS) is 10.6. The number of nitriles is 1. The summed E-state index contributed by atoms with van der Waals surface area (Å²) >= 11 is 3.46. The maximum absolute atomic E-state index is 12.3. The first-order valence-corrected chi connectivity index (χ1v) is 10.7. The van der Waals surface area contributed by atoms with Crippen LogP contribution >= 0.6 is 15.9 Å². The second kappa shape index (κ2) is 9.49. The molecule has 0 fully saturated rings. The van der Waals surface area contributed by atoms with E-state index in [1.807, 2.05) is 18.2 Å². The van der Waals surface area contributed by atoms with Gasteiger partial charge in [-0.25, -0.2) is 4.98 Å². The minimum absolute atomic E-state index is 0.147. The number of carbonyl (C=O) groups is 1. The standard InChI is InChI=1S/C23H19BrN6O2/c24-18-14-28-30-21(12-19(29-22(18)30)17-7-1-2-8-20(17)31)26-9-4-10-27-23(32)16-6-3-5-15(11-16)13-25/h1-3,5-8,11-12,14,26,31H,4,9-10H2,(H,27,32). The van der Waals surface area contributed by atoms with Crippen LogP contribution < -0.4 is 10.6 Å². The van der Waals surface area contributed by atoms with Gasteiger partial charge in [0.2, 0.25) is 0 Å². The Kier molecular flexibility index (Phi) is 6.33. The van der Waals surface area contributed by atoms with Crippen molar-refractivity contribution < 1.29 is 9.90 Å². The molecule has 0 aliphatic rings. The highest BCUT2D eigenvalue weighted by molar-refractivity contribution is 9.10. The molecule has 0 radical (unpaired) electrons. The number of benzene rings is 2. The molecule has 2 aromatic heterocycles. The number of para-hydroxylation sites is 1. The third kappa shape index (κ3) is 4.55. The van der Waals surface area contributed by atoms with E-state index in [0.717, 1.165) is 4.47 Å². The van der Waals surface area contributed by atoms with Crippen LogP contribution in [0.2, 0.25) is 0 Å². The molecule has 32 heavy (non-hydrogen) atoms. The van der Waals surface area contributed by atoms with Gasteiger partial charge in [0.25, 0.3) is 5.91 Å². The zero-order valence-electron chi connectivity index (χ0n) is 16.9. The Balaban J connectivity index is 1.42. The van der Waals surface area contributed by atoms with Crippen LogP contribution in [-0.4, -0.2) is 38.7 Å². The van der Waals surface area contributed by atoms with Crippen molar-refractivity contribution in [2.24, 2.45) is 0 Å². The van der Waals surface area contributed by atoms with Crippen molar-refractivity contribution in [3.8, 4) is 23.1 Å². The van der Waals surface area contributed by atoms with Crippen LogP contribution in [0.4, 0.5) is 5.82 Å². The number of phenols is 1. The Bertz CT molecular complexity index is 1330. The Morgan fingerprint density at radius 1 is 1.16 bits per heavy atom. The summed E-state index contributed by atoms with van der Waals surface area (Å²) in [4.78, 5) is 16.9. The van der Waals surface area contributed by atoms with Crippen molar-refractivity contribution in [1.29, 1.82) is 5.26 Å². The largest absolute Gasteiger partial charge is 0.507 e. The zero-order chi connectivity index (χ0) is 22.5. The maximum Gasteiger partial charge on any atom is 0.251 e. The van der Waals surface area contributed by atoms with Crippen molar-refractivity contribution in [1.82, 2.24) is 19.9 Å². The van der Waals surface area contributed by atoms with E-state index >= 15 is 0 Å². The third-order valence-electron chi connectivity index (χ3n) is 4.81. The Morgan fingerprint density at radius 3 is 2.81 bits per heavy atom. The van der Waals surface area contributed by atoms with E-state index in [2.05, 4.69) is 36.6 Å². The number of anilines is 1. The van der Waals surface area contributed by atoms with E-state index in [-0.39, 0.29) is 11.7 Å². The fourth-order valence-corrected chi connectivity index (χ4v) is 3.58. The monoisotopic (exact) mass is 490 g/mol. The predicted octanol–water partition coefficient (Wildman–Crippen LogP) is 3.97. The molecule has 0 saturated carbocycles. The Hall–Kier alpha value is -3.90. The highest BCUT2D eigenvalue weighted by Gasteiger charge is 2.13. The van der Waals surface area contributed by atoms with Gasteiger partial charge in [-0.2, -0.15) is 14.9 Å². The summed E-state index contributed by atoms with van der Waals surface area (Å²) in [7, 11) is 0. The van der Waals surface area contributed by atoms with Gasteiger partial charge in [0, 0.05) is 30.3 Å². The van der Waals surface area contributed by atoms with Crippen LogP contribution in [0.15, 0.2) is 65.3 Å². The summed E-state index contributed by atoms with van der Waals surface area (Å²) < 4.78 is 2.42. The minimum Gasteiger partial charge on any atom is -0.507 e. The van der Waals surface area contributed by atoms with Gasteiger partial charge in [0.15, 0.2) is 5.65 Å². The van der Waals surface area contributed by atoms with E-state index in [0.29, 0.717) is 53.4 Å². The number of halogens is 1. The zero-order valence-corrected chi connectivity index (χ0v) is 18.5. The molecular formula is C23H19BrN6O2. The van der Waals surface area contributed by atoms with E-state index in [4.69, 9.17) is 5.26 Å². The topological polar surface area (TPSA) is 115 Å². The molecule has 4 rings (SSSR count). The van der Waals surface area contributed by atoms with Gasteiger partial charge < -0.3 is 15.7 Å². The Morgan fingerprint density at radius 2 is 2.00 bits per heavy atom. The lowest BCUT2D eigenvalue weighted by atomic mass is 10.1. The molecule has 8 nitrogen and oxygen atoms in total. The molecule has 0 aliphatic carbocycles. The van der Waals surface area contributed by atoms with Crippen LogP contribution in [0.3, 0.4) is 0 Å². The lowest BCUT2D eigenvalue weighted by Crippen LogP contribution is -2.26. The molecule has 2 aromatic carbocycles. The van der Waals surface area contributed by atoms with Gasteiger partial charge in [-0.1, -0.05) is 18.2 Å². The van der Waals surface area contributed by atoms with Crippen molar-refractivity contribution >= 4 is 33.3 Å². The number of hydrogen-bond acceptors (Lipinski definition) is 6.